The van der Waals surface area contributed by atoms with E-state index in [2.05, 4.69) is 19.2 Å². The molecular weight excluding hydrogens is 318 g/mol. The van der Waals surface area contributed by atoms with E-state index in [1.54, 1.807) is 25.1 Å². The Kier molecular flexibility index (Phi) is 5.12. The highest BCUT2D eigenvalue weighted by atomic mass is 16.6. The summed E-state index contributed by atoms with van der Waals surface area (Å²) in [5.41, 5.74) is 1.89. The van der Waals surface area contributed by atoms with Gasteiger partial charge in [-0.3, -0.25) is 4.79 Å². The lowest BCUT2D eigenvalue weighted by Crippen LogP contribution is -2.30. The van der Waals surface area contributed by atoms with Gasteiger partial charge in [0.15, 0.2) is 17.6 Å². The number of amides is 1. The molecule has 0 spiro atoms. The van der Waals surface area contributed by atoms with Crippen molar-refractivity contribution >= 4 is 11.6 Å². The summed E-state index contributed by atoms with van der Waals surface area (Å²) < 4.78 is 16.7. The molecule has 1 aliphatic rings. The third-order valence-corrected chi connectivity index (χ3v) is 4.04. The van der Waals surface area contributed by atoms with Crippen LogP contribution in [0.4, 0.5) is 5.69 Å². The molecule has 0 bridgehead atoms. The summed E-state index contributed by atoms with van der Waals surface area (Å²) in [4.78, 5) is 12.4. The van der Waals surface area contributed by atoms with Crippen molar-refractivity contribution in [3.63, 3.8) is 0 Å². The summed E-state index contributed by atoms with van der Waals surface area (Å²) >= 11 is 0. The fourth-order valence-electron chi connectivity index (χ4n) is 2.55. The van der Waals surface area contributed by atoms with Crippen LogP contribution in [0.1, 0.15) is 32.3 Å². The lowest BCUT2D eigenvalue weighted by Gasteiger charge is -2.20. The van der Waals surface area contributed by atoms with Crippen molar-refractivity contribution < 1.29 is 19.0 Å². The van der Waals surface area contributed by atoms with Crippen molar-refractivity contribution in [3.05, 3.63) is 48.0 Å². The Balaban J connectivity index is 1.60. The topological polar surface area (TPSA) is 56.8 Å². The molecule has 0 unspecified atom stereocenters. The molecule has 0 fully saturated rings. The molecule has 0 saturated carbocycles. The summed E-state index contributed by atoms with van der Waals surface area (Å²) in [6.45, 7) is 7.05. The van der Waals surface area contributed by atoms with Gasteiger partial charge in [0.2, 0.25) is 0 Å². The number of rotatable bonds is 5. The second-order valence-electron chi connectivity index (χ2n) is 6.33. The van der Waals surface area contributed by atoms with Gasteiger partial charge >= 0.3 is 0 Å². The molecule has 25 heavy (non-hydrogen) atoms. The molecule has 1 atom stereocenters. The van der Waals surface area contributed by atoms with E-state index < -0.39 is 6.10 Å². The first-order valence-electron chi connectivity index (χ1n) is 8.50. The summed E-state index contributed by atoms with van der Waals surface area (Å²) in [6.07, 6.45) is -0.613. The van der Waals surface area contributed by atoms with Gasteiger partial charge in [-0.05, 0) is 42.7 Å². The van der Waals surface area contributed by atoms with Crippen molar-refractivity contribution in [2.24, 2.45) is 0 Å². The zero-order valence-electron chi connectivity index (χ0n) is 14.7. The van der Waals surface area contributed by atoms with Gasteiger partial charge in [0.25, 0.3) is 5.91 Å². The van der Waals surface area contributed by atoms with E-state index in [1.165, 1.54) is 5.56 Å². The number of anilines is 1. The van der Waals surface area contributed by atoms with E-state index in [1.807, 2.05) is 24.3 Å². The van der Waals surface area contributed by atoms with Gasteiger partial charge in [0.05, 0.1) is 0 Å². The lowest BCUT2D eigenvalue weighted by molar-refractivity contribution is -0.122. The quantitative estimate of drug-likeness (QED) is 0.893. The molecule has 0 aromatic heterocycles. The molecule has 1 N–H and O–H groups in total. The average Bonchev–Trinajstić information content (AvgIpc) is 2.62. The molecule has 2 aromatic rings. The minimum absolute atomic E-state index is 0.218. The number of hydrogen-bond donors (Lipinski definition) is 1. The maximum atomic E-state index is 12.4. The van der Waals surface area contributed by atoms with E-state index in [-0.39, 0.29) is 5.91 Å². The molecule has 0 radical (unpaired) electrons. The number of ether oxygens (including phenoxy) is 3. The average molecular weight is 341 g/mol. The third kappa shape index (κ3) is 4.24. The fraction of sp³-hybridized carbons (Fsp3) is 0.350. The Labute approximate surface area is 147 Å². The van der Waals surface area contributed by atoms with Crippen LogP contribution >= 0.6 is 0 Å². The van der Waals surface area contributed by atoms with Crippen LogP contribution in [0.25, 0.3) is 0 Å². The molecule has 1 heterocycles. The lowest BCUT2D eigenvalue weighted by atomic mass is 10.0. The predicted molar refractivity (Wildman–Crippen MR) is 96.7 cm³/mol. The number of hydrogen-bond acceptors (Lipinski definition) is 4. The Morgan fingerprint density at radius 1 is 1.00 bits per heavy atom. The third-order valence-electron chi connectivity index (χ3n) is 4.04. The normalized spacial score (nSPS) is 14.1. The molecule has 5 nitrogen and oxygen atoms in total. The summed E-state index contributed by atoms with van der Waals surface area (Å²) in [5, 5.41) is 2.84. The monoisotopic (exact) mass is 341 g/mol. The number of nitrogens with one attached hydrogen (secondary N) is 1. The number of benzene rings is 2. The van der Waals surface area contributed by atoms with Crippen molar-refractivity contribution in [1.82, 2.24) is 0 Å². The molecule has 1 amide bonds. The van der Waals surface area contributed by atoms with Crippen LogP contribution in [-0.4, -0.2) is 25.2 Å². The number of fused-ring (bicyclic) bond motifs is 1. The fourth-order valence-corrected chi connectivity index (χ4v) is 2.55. The van der Waals surface area contributed by atoms with Gasteiger partial charge in [0, 0.05) is 11.8 Å². The van der Waals surface area contributed by atoms with E-state index >= 15 is 0 Å². The zero-order valence-corrected chi connectivity index (χ0v) is 14.7. The van der Waals surface area contributed by atoms with Crippen LogP contribution in [0.3, 0.4) is 0 Å². The maximum absolute atomic E-state index is 12.4. The standard InChI is InChI=1S/C20H23NO4/c1-13(2)15-4-7-17(8-5-15)25-14(3)20(22)21-16-6-9-18-19(12-16)24-11-10-23-18/h4-9,12-14H,10-11H2,1-3H3,(H,21,22)/t14-/m1/s1. The highest BCUT2D eigenvalue weighted by Gasteiger charge is 2.17. The van der Waals surface area contributed by atoms with Crippen LogP contribution < -0.4 is 19.5 Å². The highest BCUT2D eigenvalue weighted by molar-refractivity contribution is 5.94. The van der Waals surface area contributed by atoms with E-state index in [0.29, 0.717) is 42.1 Å². The van der Waals surface area contributed by atoms with Crippen molar-refractivity contribution in [2.45, 2.75) is 32.8 Å². The number of carbonyl (C=O) groups is 1. The first kappa shape index (κ1) is 17.1. The largest absolute Gasteiger partial charge is 0.486 e. The van der Waals surface area contributed by atoms with E-state index in [4.69, 9.17) is 14.2 Å². The van der Waals surface area contributed by atoms with Crippen LogP contribution in [0, 0.1) is 0 Å². The predicted octanol–water partition coefficient (Wildman–Crippen LogP) is 3.99. The van der Waals surface area contributed by atoms with E-state index in [0.717, 1.165) is 0 Å². The zero-order chi connectivity index (χ0) is 17.8. The molecule has 3 rings (SSSR count). The Morgan fingerprint density at radius 3 is 2.36 bits per heavy atom. The summed E-state index contributed by atoms with van der Waals surface area (Å²) in [6, 6.07) is 13.2. The van der Waals surface area contributed by atoms with Gasteiger partial charge in [-0.25, -0.2) is 0 Å². The van der Waals surface area contributed by atoms with Crippen LogP contribution in [0.5, 0.6) is 17.2 Å². The SMILES string of the molecule is CC(C)c1ccc(O[C@H](C)C(=O)Nc2ccc3c(c2)OCCO3)cc1. The second kappa shape index (κ2) is 7.47. The first-order chi connectivity index (χ1) is 12.0. The Hall–Kier alpha value is -2.69. The minimum Gasteiger partial charge on any atom is -0.486 e. The smallest absolute Gasteiger partial charge is 0.265 e. The van der Waals surface area contributed by atoms with Crippen molar-refractivity contribution in [2.75, 3.05) is 18.5 Å². The molecule has 2 aromatic carbocycles. The highest BCUT2D eigenvalue weighted by Crippen LogP contribution is 2.32. The van der Waals surface area contributed by atoms with E-state index in [9.17, 15) is 4.79 Å². The summed E-state index contributed by atoms with van der Waals surface area (Å²) in [5.74, 6) is 2.25. The number of carbonyl (C=O) groups excluding carboxylic acids is 1. The minimum atomic E-state index is -0.613. The van der Waals surface area contributed by atoms with Crippen LogP contribution in [0.2, 0.25) is 0 Å². The molecule has 5 heteroatoms. The maximum Gasteiger partial charge on any atom is 0.265 e. The Bertz CT molecular complexity index is 740. The first-order valence-corrected chi connectivity index (χ1v) is 8.50. The molecule has 132 valence electrons. The van der Waals surface area contributed by atoms with Crippen molar-refractivity contribution in [1.29, 1.82) is 0 Å². The molecule has 0 saturated heterocycles. The van der Waals surface area contributed by atoms with Gasteiger partial charge in [-0.2, -0.15) is 0 Å². The van der Waals surface area contributed by atoms with Crippen molar-refractivity contribution in [3.8, 4) is 17.2 Å². The van der Waals surface area contributed by atoms with Gasteiger partial charge in [-0.1, -0.05) is 26.0 Å². The van der Waals surface area contributed by atoms with Gasteiger partial charge < -0.3 is 19.5 Å². The summed E-state index contributed by atoms with van der Waals surface area (Å²) in [7, 11) is 0. The molecule has 0 aliphatic carbocycles. The van der Waals surface area contributed by atoms with Gasteiger partial charge in [0.1, 0.15) is 19.0 Å². The second-order valence-corrected chi connectivity index (χ2v) is 6.33. The molecule has 1 aliphatic heterocycles. The Morgan fingerprint density at radius 2 is 1.68 bits per heavy atom. The van der Waals surface area contributed by atoms with Gasteiger partial charge in [-0.15, -0.1) is 0 Å². The van der Waals surface area contributed by atoms with Crippen LogP contribution in [-0.2, 0) is 4.79 Å². The molecular formula is C20H23NO4. The van der Waals surface area contributed by atoms with Crippen LogP contribution in [0.15, 0.2) is 42.5 Å².